The number of carbonyl (C=O) groups is 1. The maximum atomic E-state index is 11.4. The molecule has 0 aliphatic rings. The van der Waals surface area contributed by atoms with E-state index in [-0.39, 0.29) is 0 Å². The molecule has 0 atom stereocenters. The molecule has 1 amide bonds. The summed E-state index contributed by atoms with van der Waals surface area (Å²) in [5.41, 5.74) is 0.381. The molecule has 1 rings (SSSR count). The van der Waals surface area contributed by atoms with Crippen molar-refractivity contribution in [1.82, 2.24) is 10.3 Å². The average Bonchev–Trinajstić information content (AvgIpc) is 2.19. The highest BCUT2D eigenvalue weighted by Crippen LogP contribution is 2.22. The van der Waals surface area contributed by atoms with Crippen molar-refractivity contribution in [3.63, 3.8) is 0 Å². The SMILES string of the molecule is CC(C)(C)OC(=O)NCCc1c(Br)ccnc1Cl. The van der Waals surface area contributed by atoms with Gasteiger partial charge in [-0.1, -0.05) is 27.5 Å². The number of alkyl carbamates (subject to hydrolysis) is 1. The lowest BCUT2D eigenvalue weighted by atomic mass is 10.2. The summed E-state index contributed by atoms with van der Waals surface area (Å²) in [5, 5.41) is 3.11. The third-order valence-electron chi connectivity index (χ3n) is 1.99. The first-order valence-corrected chi connectivity index (χ1v) is 6.72. The standard InChI is InChI=1S/C12H16BrClN2O2/c1-12(2,3)18-11(17)16-6-4-8-9(13)5-7-15-10(8)14/h5,7H,4,6H2,1-3H3,(H,16,17). The van der Waals surface area contributed by atoms with Crippen molar-refractivity contribution >= 4 is 33.6 Å². The van der Waals surface area contributed by atoms with E-state index in [0.29, 0.717) is 18.1 Å². The number of aromatic nitrogens is 1. The summed E-state index contributed by atoms with van der Waals surface area (Å²) in [6, 6.07) is 1.81. The number of pyridine rings is 1. The summed E-state index contributed by atoms with van der Waals surface area (Å²) >= 11 is 9.36. The first-order valence-electron chi connectivity index (χ1n) is 5.55. The normalized spacial score (nSPS) is 11.2. The van der Waals surface area contributed by atoms with Gasteiger partial charge in [0.2, 0.25) is 0 Å². The van der Waals surface area contributed by atoms with Crippen LogP contribution in [0.4, 0.5) is 4.79 Å². The van der Waals surface area contributed by atoms with Gasteiger partial charge in [-0.25, -0.2) is 9.78 Å². The highest BCUT2D eigenvalue weighted by Gasteiger charge is 2.15. The Morgan fingerprint density at radius 1 is 1.56 bits per heavy atom. The van der Waals surface area contributed by atoms with Gasteiger partial charge in [-0.05, 0) is 33.3 Å². The lowest BCUT2D eigenvalue weighted by Crippen LogP contribution is -2.33. The fourth-order valence-electron chi connectivity index (χ4n) is 1.27. The second-order valence-corrected chi connectivity index (χ2v) is 5.95. The highest BCUT2D eigenvalue weighted by molar-refractivity contribution is 9.10. The summed E-state index contributed by atoms with van der Waals surface area (Å²) in [6.07, 6.45) is 1.78. The lowest BCUT2D eigenvalue weighted by Gasteiger charge is -2.19. The zero-order valence-corrected chi connectivity index (χ0v) is 12.9. The van der Waals surface area contributed by atoms with Crippen molar-refractivity contribution in [2.24, 2.45) is 0 Å². The summed E-state index contributed by atoms with van der Waals surface area (Å²) in [5.74, 6) is 0. The Balaban J connectivity index is 2.45. The third-order valence-corrected chi connectivity index (χ3v) is 3.06. The largest absolute Gasteiger partial charge is 0.444 e. The van der Waals surface area contributed by atoms with Crippen molar-refractivity contribution in [1.29, 1.82) is 0 Å². The molecule has 0 aliphatic heterocycles. The van der Waals surface area contributed by atoms with Gasteiger partial charge in [-0.15, -0.1) is 0 Å². The van der Waals surface area contributed by atoms with Gasteiger partial charge < -0.3 is 10.1 Å². The molecule has 0 bridgehead atoms. The van der Waals surface area contributed by atoms with Crippen molar-refractivity contribution in [3.8, 4) is 0 Å². The van der Waals surface area contributed by atoms with Crippen LogP contribution in [0.25, 0.3) is 0 Å². The molecule has 0 saturated carbocycles. The first kappa shape index (κ1) is 15.2. The van der Waals surface area contributed by atoms with Gasteiger partial charge in [-0.3, -0.25) is 0 Å². The fourth-order valence-corrected chi connectivity index (χ4v) is 2.14. The number of amides is 1. The number of rotatable bonds is 3. The summed E-state index contributed by atoms with van der Waals surface area (Å²) in [7, 11) is 0. The molecule has 0 unspecified atom stereocenters. The summed E-state index contributed by atoms with van der Waals surface area (Å²) < 4.78 is 6.01. The van der Waals surface area contributed by atoms with Crippen molar-refractivity contribution in [2.45, 2.75) is 32.8 Å². The molecule has 0 saturated heterocycles. The topological polar surface area (TPSA) is 51.2 Å². The van der Waals surface area contributed by atoms with E-state index in [2.05, 4.69) is 26.2 Å². The Morgan fingerprint density at radius 3 is 2.78 bits per heavy atom. The molecule has 6 heteroatoms. The average molecular weight is 336 g/mol. The van der Waals surface area contributed by atoms with E-state index < -0.39 is 11.7 Å². The van der Waals surface area contributed by atoms with Crippen molar-refractivity contribution in [3.05, 3.63) is 27.5 Å². The van der Waals surface area contributed by atoms with Crippen LogP contribution in [0.1, 0.15) is 26.3 Å². The van der Waals surface area contributed by atoms with Gasteiger partial charge in [0.1, 0.15) is 10.8 Å². The first-order chi connectivity index (χ1) is 8.29. The Morgan fingerprint density at radius 2 is 2.22 bits per heavy atom. The van der Waals surface area contributed by atoms with E-state index >= 15 is 0 Å². The molecule has 0 aliphatic carbocycles. The Kier molecular flexibility index (Phi) is 5.41. The number of carbonyl (C=O) groups excluding carboxylic acids is 1. The molecule has 4 nitrogen and oxygen atoms in total. The number of halogens is 2. The molecule has 18 heavy (non-hydrogen) atoms. The lowest BCUT2D eigenvalue weighted by molar-refractivity contribution is 0.0528. The van der Waals surface area contributed by atoms with E-state index in [1.165, 1.54) is 0 Å². The predicted molar refractivity (Wildman–Crippen MR) is 74.9 cm³/mol. The quantitative estimate of drug-likeness (QED) is 0.859. The molecule has 0 aromatic carbocycles. The number of hydrogen-bond donors (Lipinski definition) is 1. The van der Waals surface area contributed by atoms with Gasteiger partial charge >= 0.3 is 6.09 Å². The minimum atomic E-state index is -0.489. The molecule has 0 spiro atoms. The van der Waals surface area contributed by atoms with Crippen LogP contribution in [-0.4, -0.2) is 23.2 Å². The second kappa shape index (κ2) is 6.38. The maximum absolute atomic E-state index is 11.4. The Hall–Kier alpha value is -0.810. The molecular weight excluding hydrogens is 320 g/mol. The molecule has 0 fully saturated rings. The fraction of sp³-hybridized carbons (Fsp3) is 0.500. The molecule has 100 valence electrons. The number of nitrogens with one attached hydrogen (secondary N) is 1. The number of hydrogen-bond acceptors (Lipinski definition) is 3. The molecule has 1 N–H and O–H groups in total. The highest BCUT2D eigenvalue weighted by atomic mass is 79.9. The number of ether oxygens (including phenoxy) is 1. The van der Waals surface area contributed by atoms with E-state index in [1.54, 1.807) is 6.20 Å². The smallest absolute Gasteiger partial charge is 0.407 e. The summed E-state index contributed by atoms with van der Waals surface area (Å²) in [4.78, 5) is 15.4. The Bertz CT molecular complexity index is 412. The van der Waals surface area contributed by atoms with E-state index in [0.717, 1.165) is 10.0 Å². The Labute approximate surface area is 120 Å². The molecule has 0 radical (unpaired) electrons. The van der Waals surface area contributed by atoms with Crippen LogP contribution >= 0.6 is 27.5 Å². The maximum Gasteiger partial charge on any atom is 0.407 e. The monoisotopic (exact) mass is 334 g/mol. The van der Waals surface area contributed by atoms with Crippen LogP contribution in [-0.2, 0) is 11.2 Å². The van der Waals surface area contributed by atoms with Crippen LogP contribution in [0.2, 0.25) is 5.15 Å². The zero-order chi connectivity index (χ0) is 13.8. The minimum absolute atomic E-state index is 0.432. The van der Waals surface area contributed by atoms with Gasteiger partial charge in [0.25, 0.3) is 0 Å². The minimum Gasteiger partial charge on any atom is -0.444 e. The van der Waals surface area contributed by atoms with E-state index in [9.17, 15) is 4.79 Å². The van der Waals surface area contributed by atoms with E-state index in [4.69, 9.17) is 16.3 Å². The summed E-state index contributed by atoms with van der Waals surface area (Å²) in [6.45, 7) is 5.91. The predicted octanol–water partition coefficient (Wildman–Crippen LogP) is 3.56. The third kappa shape index (κ3) is 5.23. The van der Waals surface area contributed by atoms with Crippen LogP contribution in [0.3, 0.4) is 0 Å². The van der Waals surface area contributed by atoms with Gasteiger partial charge in [-0.2, -0.15) is 0 Å². The molecule has 1 heterocycles. The number of nitrogens with zero attached hydrogens (tertiary/aromatic N) is 1. The van der Waals surface area contributed by atoms with E-state index in [1.807, 2.05) is 26.8 Å². The second-order valence-electron chi connectivity index (χ2n) is 4.74. The van der Waals surface area contributed by atoms with Crippen LogP contribution < -0.4 is 5.32 Å². The molecule has 1 aromatic heterocycles. The van der Waals surface area contributed by atoms with Crippen LogP contribution in [0.15, 0.2) is 16.7 Å². The van der Waals surface area contributed by atoms with Crippen molar-refractivity contribution in [2.75, 3.05) is 6.54 Å². The zero-order valence-electron chi connectivity index (χ0n) is 10.6. The van der Waals surface area contributed by atoms with Crippen molar-refractivity contribution < 1.29 is 9.53 Å². The van der Waals surface area contributed by atoms with Crippen LogP contribution in [0, 0.1) is 0 Å². The molecule has 1 aromatic rings. The van der Waals surface area contributed by atoms with Gasteiger partial charge in [0, 0.05) is 22.8 Å². The van der Waals surface area contributed by atoms with Crippen LogP contribution in [0.5, 0.6) is 0 Å². The molecular formula is C12H16BrClN2O2. The van der Waals surface area contributed by atoms with Gasteiger partial charge in [0.15, 0.2) is 0 Å². The van der Waals surface area contributed by atoms with Gasteiger partial charge in [0.05, 0.1) is 0 Å².